The maximum atomic E-state index is 12.5. The molecule has 1 fully saturated rings. The third-order valence-electron chi connectivity index (χ3n) is 5.03. The molecule has 30 heavy (non-hydrogen) atoms. The summed E-state index contributed by atoms with van der Waals surface area (Å²) in [6.07, 6.45) is 3.83. The summed E-state index contributed by atoms with van der Waals surface area (Å²) >= 11 is 4.53. The van der Waals surface area contributed by atoms with Crippen LogP contribution in [0.25, 0.3) is 17.0 Å². The van der Waals surface area contributed by atoms with Crippen molar-refractivity contribution in [2.24, 2.45) is 0 Å². The lowest BCUT2D eigenvalue weighted by atomic mass is 10.1. The quantitative estimate of drug-likeness (QED) is 0.412. The fourth-order valence-corrected chi connectivity index (χ4v) is 4.74. The zero-order valence-corrected chi connectivity index (χ0v) is 19.1. The van der Waals surface area contributed by atoms with Gasteiger partial charge >= 0.3 is 0 Å². The van der Waals surface area contributed by atoms with Crippen molar-refractivity contribution < 1.29 is 14.3 Å². The Kier molecular flexibility index (Phi) is 6.01. The normalized spacial score (nSPS) is 15.6. The number of imide groups is 1. The summed E-state index contributed by atoms with van der Waals surface area (Å²) < 4.78 is 9.04. The Morgan fingerprint density at radius 2 is 1.97 bits per heavy atom. The summed E-state index contributed by atoms with van der Waals surface area (Å²) in [5.74, 6) is 0.649. The highest BCUT2D eigenvalue weighted by atomic mass is 79.9. The predicted octanol–water partition coefficient (Wildman–Crippen LogP) is 5.85. The molecule has 1 aliphatic heterocycles. The van der Waals surface area contributed by atoms with Crippen molar-refractivity contribution in [2.75, 3.05) is 13.2 Å². The molecule has 0 bridgehead atoms. The molecule has 154 valence electrons. The Labute approximate surface area is 187 Å². The molecule has 7 heteroatoms. The van der Waals surface area contributed by atoms with Gasteiger partial charge in [0.25, 0.3) is 11.1 Å². The summed E-state index contributed by atoms with van der Waals surface area (Å²) in [6.45, 7) is 5.40. The van der Waals surface area contributed by atoms with Gasteiger partial charge in [0.1, 0.15) is 12.4 Å². The van der Waals surface area contributed by atoms with E-state index in [0.717, 1.165) is 44.0 Å². The van der Waals surface area contributed by atoms with E-state index in [-0.39, 0.29) is 11.1 Å². The van der Waals surface area contributed by atoms with Gasteiger partial charge in [-0.2, -0.15) is 0 Å². The number of hydrogen-bond donors (Lipinski definition) is 0. The van der Waals surface area contributed by atoms with E-state index in [1.54, 1.807) is 6.92 Å². The largest absolute Gasteiger partial charge is 0.491 e. The van der Waals surface area contributed by atoms with Crippen LogP contribution in [0.3, 0.4) is 0 Å². The first-order chi connectivity index (χ1) is 14.5. The monoisotopic (exact) mass is 484 g/mol. The first-order valence-corrected chi connectivity index (χ1v) is 11.3. The number of aryl methyl sites for hydroxylation is 1. The summed E-state index contributed by atoms with van der Waals surface area (Å²) in [5.41, 5.74) is 3.06. The average molecular weight is 485 g/mol. The fraction of sp³-hybridized carbons (Fsp3) is 0.217. The number of thioether (sulfide) groups is 1. The molecular weight excluding hydrogens is 464 g/mol. The molecule has 0 spiro atoms. The van der Waals surface area contributed by atoms with E-state index in [1.807, 2.05) is 61.7 Å². The number of halogens is 1. The maximum Gasteiger partial charge on any atom is 0.293 e. The average Bonchev–Trinajstić information content (AvgIpc) is 3.19. The number of likely N-dealkylation sites (N-methyl/N-ethyl adjacent to an activating group) is 1. The van der Waals surface area contributed by atoms with Gasteiger partial charge in [-0.05, 0) is 61.5 Å². The number of aromatic nitrogens is 1. The van der Waals surface area contributed by atoms with E-state index in [9.17, 15) is 9.59 Å². The van der Waals surface area contributed by atoms with Crippen molar-refractivity contribution in [3.63, 3.8) is 0 Å². The Balaban J connectivity index is 1.63. The summed E-state index contributed by atoms with van der Waals surface area (Å²) in [7, 11) is 0. The van der Waals surface area contributed by atoms with E-state index in [1.165, 1.54) is 4.90 Å². The Hall–Kier alpha value is -2.51. The van der Waals surface area contributed by atoms with Gasteiger partial charge in [-0.25, -0.2) is 0 Å². The number of nitrogens with zero attached hydrogens (tertiary/aromatic N) is 2. The lowest BCUT2D eigenvalue weighted by molar-refractivity contribution is -0.122. The van der Waals surface area contributed by atoms with Crippen molar-refractivity contribution in [3.05, 3.63) is 69.2 Å². The van der Waals surface area contributed by atoms with Crippen LogP contribution in [-0.4, -0.2) is 33.8 Å². The summed E-state index contributed by atoms with van der Waals surface area (Å²) in [5, 5.41) is 0.800. The first kappa shape index (κ1) is 20.8. The van der Waals surface area contributed by atoms with Crippen LogP contribution in [-0.2, 0) is 11.3 Å². The maximum absolute atomic E-state index is 12.5. The van der Waals surface area contributed by atoms with Crippen LogP contribution in [0.1, 0.15) is 18.1 Å². The Morgan fingerprint density at radius 3 is 2.70 bits per heavy atom. The van der Waals surface area contributed by atoms with Gasteiger partial charge in [-0.1, -0.05) is 34.1 Å². The van der Waals surface area contributed by atoms with Crippen molar-refractivity contribution in [1.82, 2.24) is 9.47 Å². The highest BCUT2D eigenvalue weighted by Gasteiger charge is 2.33. The van der Waals surface area contributed by atoms with E-state index < -0.39 is 0 Å². The smallest absolute Gasteiger partial charge is 0.293 e. The second-order valence-corrected chi connectivity index (χ2v) is 8.89. The van der Waals surface area contributed by atoms with Crippen LogP contribution in [0.5, 0.6) is 5.75 Å². The van der Waals surface area contributed by atoms with Gasteiger partial charge in [-0.3, -0.25) is 14.5 Å². The van der Waals surface area contributed by atoms with Gasteiger partial charge < -0.3 is 9.30 Å². The van der Waals surface area contributed by atoms with Crippen molar-refractivity contribution >= 4 is 55.8 Å². The molecule has 0 saturated carbocycles. The van der Waals surface area contributed by atoms with Crippen molar-refractivity contribution in [2.45, 2.75) is 20.4 Å². The third-order valence-corrected chi connectivity index (χ3v) is 6.43. The number of amides is 2. The molecule has 2 amide bonds. The molecule has 0 radical (unpaired) electrons. The minimum atomic E-state index is -0.230. The van der Waals surface area contributed by atoms with Crippen LogP contribution >= 0.6 is 27.7 Å². The number of para-hydroxylation sites is 1. The van der Waals surface area contributed by atoms with Gasteiger partial charge in [-0.15, -0.1) is 0 Å². The Bertz CT molecular complexity index is 1170. The number of rotatable bonds is 6. The molecule has 2 heterocycles. The zero-order chi connectivity index (χ0) is 21.3. The predicted molar refractivity (Wildman–Crippen MR) is 125 cm³/mol. The van der Waals surface area contributed by atoms with E-state index in [0.29, 0.717) is 24.6 Å². The molecule has 1 aliphatic rings. The molecule has 1 aromatic heterocycles. The minimum Gasteiger partial charge on any atom is -0.491 e. The SMILES string of the molecule is CCN1C(=O)S/C(=C\c2cn(CCOc3ccccc3C)c3ccc(Br)cc23)C1=O. The molecule has 3 aromatic rings. The van der Waals surface area contributed by atoms with Crippen LogP contribution < -0.4 is 4.74 Å². The summed E-state index contributed by atoms with van der Waals surface area (Å²) in [4.78, 5) is 26.3. The number of benzene rings is 2. The van der Waals surface area contributed by atoms with E-state index in [4.69, 9.17) is 4.74 Å². The Morgan fingerprint density at radius 1 is 1.17 bits per heavy atom. The third kappa shape index (κ3) is 4.04. The molecule has 4 rings (SSSR count). The lowest BCUT2D eigenvalue weighted by Crippen LogP contribution is -2.27. The van der Waals surface area contributed by atoms with Gasteiger partial charge in [0, 0.05) is 33.7 Å². The van der Waals surface area contributed by atoms with E-state index >= 15 is 0 Å². The molecule has 0 aliphatic carbocycles. The second kappa shape index (κ2) is 8.70. The highest BCUT2D eigenvalue weighted by molar-refractivity contribution is 9.10. The molecule has 0 unspecified atom stereocenters. The van der Waals surface area contributed by atoms with Gasteiger partial charge in [0.2, 0.25) is 0 Å². The highest BCUT2D eigenvalue weighted by Crippen LogP contribution is 2.34. The van der Waals surface area contributed by atoms with Crippen LogP contribution in [0.2, 0.25) is 0 Å². The molecular formula is C23H21BrN2O3S. The van der Waals surface area contributed by atoms with Crippen molar-refractivity contribution in [3.8, 4) is 5.75 Å². The number of hydrogen-bond acceptors (Lipinski definition) is 4. The lowest BCUT2D eigenvalue weighted by Gasteiger charge is -2.10. The molecule has 1 saturated heterocycles. The molecule has 2 aromatic carbocycles. The molecule has 5 nitrogen and oxygen atoms in total. The van der Waals surface area contributed by atoms with Crippen LogP contribution in [0.15, 0.2) is 58.0 Å². The minimum absolute atomic E-state index is 0.217. The van der Waals surface area contributed by atoms with Gasteiger partial charge in [0.15, 0.2) is 0 Å². The van der Waals surface area contributed by atoms with Gasteiger partial charge in [0.05, 0.1) is 11.4 Å². The molecule has 0 atom stereocenters. The van der Waals surface area contributed by atoms with E-state index in [2.05, 4.69) is 20.5 Å². The first-order valence-electron chi connectivity index (χ1n) is 9.70. The molecule has 0 N–H and O–H groups in total. The van der Waals surface area contributed by atoms with Crippen molar-refractivity contribution in [1.29, 1.82) is 0 Å². The fourth-order valence-electron chi connectivity index (χ4n) is 3.48. The van der Waals surface area contributed by atoms with Crippen LogP contribution in [0, 0.1) is 6.92 Å². The zero-order valence-electron chi connectivity index (χ0n) is 16.7. The number of ether oxygens (including phenoxy) is 1. The number of carbonyl (C=O) groups excluding carboxylic acids is 2. The number of carbonyl (C=O) groups is 2. The topological polar surface area (TPSA) is 51.5 Å². The number of fused-ring (bicyclic) bond motifs is 1. The second-order valence-electron chi connectivity index (χ2n) is 6.98. The van der Waals surface area contributed by atoms with Crippen LogP contribution in [0.4, 0.5) is 4.79 Å². The standard InChI is InChI=1S/C23H21BrN2O3S/c1-3-26-22(27)21(30-23(26)28)12-16-14-25(19-9-8-17(24)13-18(16)19)10-11-29-20-7-5-4-6-15(20)2/h4-9,12-14H,3,10-11H2,1-2H3/b21-12-. The summed E-state index contributed by atoms with van der Waals surface area (Å²) in [6, 6.07) is 14.0.